The van der Waals surface area contributed by atoms with Gasteiger partial charge in [-0.25, -0.2) is 0 Å². The number of carboxylic acids is 1. The van der Waals surface area contributed by atoms with E-state index in [9.17, 15) is 50.3 Å². The van der Waals surface area contributed by atoms with Crippen LogP contribution >= 0.6 is 0 Å². The Labute approximate surface area is 303 Å². The maximum Gasteiger partial charge on any atom is 0.433 e. The molecule has 2 aliphatic carbocycles. The summed E-state index contributed by atoms with van der Waals surface area (Å²) in [4.78, 5) is 61.6. The van der Waals surface area contributed by atoms with Crippen LogP contribution < -0.4 is 0 Å². The first-order valence-corrected chi connectivity index (χ1v) is 15.8. The van der Waals surface area contributed by atoms with E-state index in [1.807, 2.05) is 0 Å². The molecular formula is C37H42F6N2O8-2. The number of Topliss-reactive ketones (excluding diaryl/α,β-unsaturated/α-hetero) is 2. The van der Waals surface area contributed by atoms with Gasteiger partial charge in [0, 0.05) is 43.3 Å². The molecule has 0 saturated carbocycles. The third-order valence-corrected chi connectivity index (χ3v) is 7.90. The molecule has 10 nitrogen and oxygen atoms in total. The molecule has 0 spiro atoms. The predicted molar refractivity (Wildman–Crippen MR) is 181 cm³/mol. The second kappa shape index (κ2) is 19.3. The molecule has 1 aliphatic heterocycles. The highest BCUT2D eigenvalue weighted by atomic mass is 19.4. The molecule has 5 rings (SSSR count). The molecular weight excluding hydrogens is 714 g/mol. The number of allylic oxidation sites excluding steroid dienone is 4. The van der Waals surface area contributed by atoms with Crippen LogP contribution in [0.15, 0.2) is 48.8 Å². The molecule has 3 heterocycles. The Hall–Kier alpha value is -4.89. The van der Waals surface area contributed by atoms with Gasteiger partial charge in [-0.05, 0) is 68.7 Å². The molecule has 1 saturated heterocycles. The SMILES string of the molecule is CC(=O)CC(=O)C1CC=C(c2cccnc2C(F)(F)F)CC1.CC1(C)OC(=O)CC(=O)O1.O=C(O)C1CC=C(c2cccnc2C(F)(F)F)CC1.[CH3-].[CH3-]. The zero-order valence-corrected chi connectivity index (χ0v) is 29.9. The van der Waals surface area contributed by atoms with Crippen LogP contribution in [0.25, 0.3) is 11.1 Å². The number of alkyl halides is 6. The van der Waals surface area contributed by atoms with Crippen LogP contribution in [0.3, 0.4) is 0 Å². The number of rotatable bonds is 6. The summed E-state index contributed by atoms with van der Waals surface area (Å²) in [5, 5.41) is 8.86. The van der Waals surface area contributed by atoms with Gasteiger partial charge in [-0.1, -0.05) is 24.3 Å². The summed E-state index contributed by atoms with van der Waals surface area (Å²) in [7, 11) is 0. The smallest absolute Gasteiger partial charge is 0.433 e. The van der Waals surface area contributed by atoms with Crippen molar-refractivity contribution in [3.05, 3.63) is 86.2 Å². The van der Waals surface area contributed by atoms with Crippen LogP contribution in [0.1, 0.15) is 94.7 Å². The number of aliphatic carboxylic acids is 1. The molecule has 0 bridgehead atoms. The van der Waals surface area contributed by atoms with Crippen LogP contribution in [0.5, 0.6) is 0 Å². The molecule has 2 aromatic heterocycles. The summed E-state index contributed by atoms with van der Waals surface area (Å²) < 4.78 is 86.7. The van der Waals surface area contributed by atoms with Crippen molar-refractivity contribution in [3.63, 3.8) is 0 Å². The van der Waals surface area contributed by atoms with Crippen molar-refractivity contribution in [1.29, 1.82) is 0 Å². The molecule has 292 valence electrons. The molecule has 1 N–H and O–H groups in total. The van der Waals surface area contributed by atoms with E-state index in [-0.39, 0.29) is 62.7 Å². The third-order valence-electron chi connectivity index (χ3n) is 7.90. The first-order chi connectivity index (χ1) is 23.7. The van der Waals surface area contributed by atoms with Crippen molar-refractivity contribution in [3.8, 4) is 0 Å². The minimum Gasteiger partial charge on any atom is -0.481 e. The standard InChI is InChI=1S/C16H16F3NO2.C13H12F3NO2.C6H8O4.2CH3/c1-10(21)9-14(22)12-6-4-11(5-7-12)13-3-2-8-20-15(13)16(17,18)19;14-13(15,16)11-10(2-1-7-17-11)8-3-5-9(6-4-8)12(18)19;1-6(2)9-4(7)3-5(8)10-6;;/h2-4,8,12H,5-7,9H2,1H3;1-3,7,9H,4-6H2,(H,18,19);3H2,1-2H3;2*1H3/q;;;2*-1. The molecule has 1 fully saturated rings. The summed E-state index contributed by atoms with van der Waals surface area (Å²) in [6, 6.07) is 5.70. The zero-order valence-electron chi connectivity index (χ0n) is 29.9. The van der Waals surface area contributed by atoms with E-state index in [1.54, 1.807) is 12.2 Å². The van der Waals surface area contributed by atoms with Gasteiger partial charge in [0.1, 0.15) is 18.0 Å². The van der Waals surface area contributed by atoms with E-state index < -0.39 is 53.4 Å². The topological polar surface area (TPSA) is 150 Å². The van der Waals surface area contributed by atoms with Crippen molar-refractivity contribution >= 4 is 40.6 Å². The van der Waals surface area contributed by atoms with Gasteiger partial charge in [-0.15, -0.1) is 0 Å². The Morgan fingerprint density at radius 1 is 0.792 bits per heavy atom. The summed E-state index contributed by atoms with van der Waals surface area (Å²) in [5.74, 6) is -4.14. The number of halogens is 6. The fourth-order valence-corrected chi connectivity index (χ4v) is 5.60. The Bertz CT molecular complexity index is 1680. The highest BCUT2D eigenvalue weighted by Crippen LogP contribution is 2.39. The number of carboxylic acid groups (broad SMARTS) is 1. The monoisotopic (exact) mass is 756 g/mol. The number of aromatic nitrogens is 2. The number of cyclic esters (lactones) is 2. The molecule has 0 amide bonds. The van der Waals surface area contributed by atoms with E-state index in [2.05, 4.69) is 19.4 Å². The van der Waals surface area contributed by atoms with Gasteiger partial charge in [-0.2, -0.15) is 26.3 Å². The number of ether oxygens (including phenoxy) is 2. The van der Waals surface area contributed by atoms with Gasteiger partial charge in [0.05, 0.1) is 12.3 Å². The lowest BCUT2D eigenvalue weighted by Crippen LogP contribution is -2.39. The molecule has 16 heteroatoms. The highest BCUT2D eigenvalue weighted by molar-refractivity contribution is 5.99. The van der Waals surface area contributed by atoms with E-state index in [1.165, 1.54) is 45.0 Å². The number of ketones is 2. The lowest BCUT2D eigenvalue weighted by molar-refractivity contribution is -0.231. The molecule has 2 unspecified atom stereocenters. The fourth-order valence-electron chi connectivity index (χ4n) is 5.60. The normalized spacial score (nSPS) is 19.3. The average Bonchev–Trinajstić information content (AvgIpc) is 3.03. The quantitative estimate of drug-likeness (QED) is 0.132. The maximum absolute atomic E-state index is 13.0. The molecule has 2 aromatic rings. The largest absolute Gasteiger partial charge is 0.481 e. The second-order valence-corrected chi connectivity index (χ2v) is 12.4. The summed E-state index contributed by atoms with van der Waals surface area (Å²) in [6.45, 7) is 4.39. The maximum atomic E-state index is 13.0. The predicted octanol–water partition coefficient (Wildman–Crippen LogP) is 8.31. The molecule has 0 aromatic carbocycles. The van der Waals surface area contributed by atoms with E-state index in [4.69, 9.17) is 5.11 Å². The van der Waals surface area contributed by atoms with Crippen molar-refractivity contribution in [2.75, 3.05) is 0 Å². The van der Waals surface area contributed by atoms with Crippen molar-refractivity contribution in [1.82, 2.24) is 9.97 Å². The van der Waals surface area contributed by atoms with Gasteiger partial charge in [0.25, 0.3) is 5.79 Å². The Morgan fingerprint density at radius 2 is 1.21 bits per heavy atom. The number of esters is 2. The van der Waals surface area contributed by atoms with Crippen LogP contribution in [-0.2, 0) is 45.8 Å². The van der Waals surface area contributed by atoms with Crippen molar-refractivity contribution in [2.24, 2.45) is 11.8 Å². The van der Waals surface area contributed by atoms with Crippen molar-refractivity contribution < 1.29 is 64.9 Å². The molecule has 3 aliphatic rings. The second-order valence-electron chi connectivity index (χ2n) is 12.4. The van der Waals surface area contributed by atoms with Crippen molar-refractivity contribution in [2.45, 2.75) is 90.3 Å². The number of carbonyl (C=O) groups is 5. The third kappa shape index (κ3) is 13.9. The zero-order chi connectivity index (χ0) is 38.1. The van der Waals surface area contributed by atoms with Gasteiger partial charge in [0.15, 0.2) is 11.4 Å². The van der Waals surface area contributed by atoms with Crippen LogP contribution in [0.4, 0.5) is 26.3 Å². The van der Waals surface area contributed by atoms with E-state index in [0.717, 1.165) is 12.4 Å². The van der Waals surface area contributed by atoms with Crippen LogP contribution in [0.2, 0.25) is 0 Å². The number of hydrogen-bond acceptors (Lipinski definition) is 9. The number of nitrogens with zero attached hydrogens (tertiary/aromatic N) is 2. The fraction of sp³-hybridized carbons (Fsp3) is 0.432. The van der Waals surface area contributed by atoms with E-state index >= 15 is 0 Å². The minimum atomic E-state index is -4.50. The lowest BCUT2D eigenvalue weighted by atomic mass is 9.83. The first-order valence-electron chi connectivity index (χ1n) is 15.8. The minimum absolute atomic E-state index is 0. The Kier molecular flexibility index (Phi) is 16.8. The summed E-state index contributed by atoms with van der Waals surface area (Å²) >= 11 is 0. The number of hydrogen-bond donors (Lipinski definition) is 1. The van der Waals surface area contributed by atoms with Crippen LogP contribution in [-0.4, -0.2) is 50.3 Å². The number of pyridine rings is 2. The molecule has 0 radical (unpaired) electrons. The Morgan fingerprint density at radius 3 is 1.53 bits per heavy atom. The van der Waals surface area contributed by atoms with Gasteiger partial charge < -0.3 is 29.4 Å². The van der Waals surface area contributed by atoms with Gasteiger partial charge in [-0.3, -0.25) is 33.9 Å². The molecule has 53 heavy (non-hydrogen) atoms. The van der Waals surface area contributed by atoms with Gasteiger partial charge in [0.2, 0.25) is 0 Å². The molecule has 2 atom stereocenters. The van der Waals surface area contributed by atoms with Gasteiger partial charge >= 0.3 is 30.3 Å². The first kappa shape index (κ1) is 46.1. The number of carbonyl (C=O) groups excluding carboxylic acids is 4. The van der Waals surface area contributed by atoms with E-state index in [0.29, 0.717) is 43.3 Å². The summed E-state index contributed by atoms with van der Waals surface area (Å²) in [6.07, 6.45) is -1.76. The summed E-state index contributed by atoms with van der Waals surface area (Å²) in [5.41, 5.74) is -0.582. The van der Waals surface area contributed by atoms with Crippen LogP contribution in [0, 0.1) is 26.7 Å². The lowest BCUT2D eigenvalue weighted by Gasteiger charge is -2.28. The highest BCUT2D eigenvalue weighted by Gasteiger charge is 2.38. The average molecular weight is 757 g/mol. The Balaban J connectivity index is 0.000000414.